The molecule has 1 saturated heterocycles. The predicted octanol–water partition coefficient (Wildman–Crippen LogP) is 2.19. The van der Waals surface area contributed by atoms with E-state index >= 15 is 0 Å². The van der Waals surface area contributed by atoms with Crippen LogP contribution in [-0.2, 0) is 9.59 Å². The Morgan fingerprint density at radius 2 is 2.00 bits per heavy atom. The first-order valence-corrected chi connectivity index (χ1v) is 7.59. The molecule has 0 aliphatic carbocycles. The lowest BCUT2D eigenvalue weighted by Gasteiger charge is -2.12. The number of hydrogen-bond donors (Lipinski definition) is 1. The van der Waals surface area contributed by atoms with Crippen molar-refractivity contribution in [3.05, 3.63) is 29.3 Å². The standard InChI is InChI=1S/C15H19N3O2S/c1-9-6-5-7-10(2)13(9)17-12(19)8-11-14(20)18(4)15(16-3)21-11/h5-7,11H,8H2,1-4H3,(H,17,19)/t11-/m1/s1. The molecule has 0 bridgehead atoms. The molecule has 1 heterocycles. The zero-order valence-corrected chi connectivity index (χ0v) is 13.5. The van der Waals surface area contributed by atoms with Gasteiger partial charge >= 0.3 is 0 Å². The van der Waals surface area contributed by atoms with Gasteiger partial charge in [-0.05, 0) is 25.0 Å². The van der Waals surface area contributed by atoms with E-state index in [0.29, 0.717) is 5.17 Å². The Kier molecular flexibility index (Phi) is 4.67. The number of para-hydroxylation sites is 1. The van der Waals surface area contributed by atoms with Crippen molar-refractivity contribution in [1.29, 1.82) is 0 Å². The van der Waals surface area contributed by atoms with Crippen LogP contribution in [0, 0.1) is 13.8 Å². The molecular weight excluding hydrogens is 286 g/mol. The summed E-state index contributed by atoms with van der Waals surface area (Å²) in [7, 11) is 3.33. The molecule has 0 unspecified atom stereocenters. The number of benzene rings is 1. The minimum atomic E-state index is -0.391. The SMILES string of the molecule is CN=C1S[C@H](CC(=O)Nc2c(C)cccc2C)C(=O)N1C. The topological polar surface area (TPSA) is 61.8 Å². The number of carbonyl (C=O) groups is 2. The van der Waals surface area contributed by atoms with Gasteiger partial charge in [0.05, 0.1) is 0 Å². The third-order valence-corrected chi connectivity index (χ3v) is 4.77. The van der Waals surface area contributed by atoms with E-state index in [1.54, 1.807) is 14.1 Å². The highest BCUT2D eigenvalue weighted by molar-refractivity contribution is 8.15. The first kappa shape index (κ1) is 15.6. The Bertz CT molecular complexity index is 593. The van der Waals surface area contributed by atoms with Crippen molar-refractivity contribution in [2.45, 2.75) is 25.5 Å². The van der Waals surface area contributed by atoms with Crippen molar-refractivity contribution in [3.8, 4) is 0 Å². The summed E-state index contributed by atoms with van der Waals surface area (Å²) in [6.45, 7) is 3.90. The van der Waals surface area contributed by atoms with Gasteiger partial charge in [-0.25, -0.2) is 0 Å². The van der Waals surface area contributed by atoms with E-state index in [-0.39, 0.29) is 18.2 Å². The summed E-state index contributed by atoms with van der Waals surface area (Å²) in [5.41, 5.74) is 2.86. The second-order valence-corrected chi connectivity index (χ2v) is 6.20. The van der Waals surface area contributed by atoms with E-state index < -0.39 is 5.25 Å². The van der Waals surface area contributed by atoms with Gasteiger partial charge in [0.15, 0.2) is 5.17 Å². The third-order valence-electron chi connectivity index (χ3n) is 3.45. The molecule has 1 atom stereocenters. The highest BCUT2D eigenvalue weighted by Crippen LogP contribution is 2.29. The first-order valence-electron chi connectivity index (χ1n) is 6.71. The Hall–Kier alpha value is -1.82. The number of nitrogens with zero attached hydrogens (tertiary/aromatic N) is 2. The van der Waals surface area contributed by atoms with E-state index in [1.807, 2.05) is 32.0 Å². The smallest absolute Gasteiger partial charge is 0.242 e. The van der Waals surface area contributed by atoms with Gasteiger partial charge < -0.3 is 5.32 Å². The fourth-order valence-electron chi connectivity index (χ4n) is 2.27. The maximum Gasteiger partial charge on any atom is 0.242 e. The lowest BCUT2D eigenvalue weighted by atomic mass is 10.1. The number of carbonyl (C=O) groups excluding carboxylic acids is 2. The highest BCUT2D eigenvalue weighted by Gasteiger charge is 2.36. The summed E-state index contributed by atoms with van der Waals surface area (Å²) in [6, 6.07) is 5.86. The van der Waals surface area contributed by atoms with E-state index in [9.17, 15) is 9.59 Å². The predicted molar refractivity (Wildman–Crippen MR) is 86.7 cm³/mol. The van der Waals surface area contributed by atoms with Gasteiger partial charge in [-0.2, -0.15) is 0 Å². The van der Waals surface area contributed by atoms with Gasteiger partial charge in [0.2, 0.25) is 11.8 Å². The molecule has 112 valence electrons. The summed E-state index contributed by atoms with van der Waals surface area (Å²) in [5, 5.41) is 3.18. The number of amides is 2. The first-order chi connectivity index (χ1) is 9.93. The maximum absolute atomic E-state index is 12.2. The van der Waals surface area contributed by atoms with Crippen LogP contribution in [0.4, 0.5) is 5.69 Å². The number of rotatable bonds is 3. The molecule has 1 fully saturated rings. The van der Waals surface area contributed by atoms with Crippen LogP contribution in [0.3, 0.4) is 0 Å². The van der Waals surface area contributed by atoms with Gasteiger partial charge in [-0.15, -0.1) is 0 Å². The Morgan fingerprint density at radius 3 is 2.52 bits per heavy atom. The van der Waals surface area contributed by atoms with E-state index in [0.717, 1.165) is 16.8 Å². The molecule has 1 aromatic carbocycles. The molecule has 1 aromatic rings. The summed E-state index contributed by atoms with van der Waals surface area (Å²) in [6.07, 6.45) is 0.153. The average Bonchev–Trinajstić information content (AvgIpc) is 2.71. The van der Waals surface area contributed by atoms with Crippen LogP contribution in [0.5, 0.6) is 0 Å². The average molecular weight is 305 g/mol. The molecule has 5 nitrogen and oxygen atoms in total. The van der Waals surface area contributed by atoms with Crippen LogP contribution in [0.2, 0.25) is 0 Å². The van der Waals surface area contributed by atoms with Crippen molar-refractivity contribution in [1.82, 2.24) is 4.90 Å². The van der Waals surface area contributed by atoms with Crippen LogP contribution in [0.1, 0.15) is 17.5 Å². The lowest BCUT2D eigenvalue weighted by Crippen LogP contribution is -2.30. The summed E-state index contributed by atoms with van der Waals surface area (Å²) >= 11 is 1.34. The van der Waals surface area contributed by atoms with Gasteiger partial charge in [0, 0.05) is 26.2 Å². The van der Waals surface area contributed by atoms with E-state index in [2.05, 4.69) is 10.3 Å². The van der Waals surface area contributed by atoms with Crippen molar-refractivity contribution < 1.29 is 9.59 Å². The van der Waals surface area contributed by atoms with Gasteiger partial charge in [-0.3, -0.25) is 19.5 Å². The molecule has 2 amide bonds. The van der Waals surface area contributed by atoms with Gasteiger partial charge in [-0.1, -0.05) is 30.0 Å². The largest absolute Gasteiger partial charge is 0.326 e. The van der Waals surface area contributed by atoms with E-state index in [1.165, 1.54) is 16.7 Å². The molecule has 0 saturated carbocycles. The molecule has 0 radical (unpaired) electrons. The Balaban J connectivity index is 2.05. The molecule has 21 heavy (non-hydrogen) atoms. The minimum absolute atomic E-state index is 0.0720. The number of anilines is 1. The lowest BCUT2D eigenvalue weighted by molar-refractivity contribution is -0.127. The van der Waals surface area contributed by atoms with Gasteiger partial charge in [0.1, 0.15) is 5.25 Å². The summed E-state index contributed by atoms with van der Waals surface area (Å²) in [5.74, 6) is -0.221. The molecular formula is C15H19N3O2S. The number of amidine groups is 1. The number of thioether (sulfide) groups is 1. The Labute approximate surface area is 128 Å². The number of aliphatic imine (C=N–C) groups is 1. The van der Waals surface area contributed by atoms with Crippen molar-refractivity contribution in [3.63, 3.8) is 0 Å². The molecule has 0 aromatic heterocycles. The molecule has 2 rings (SSSR count). The second-order valence-electron chi connectivity index (χ2n) is 5.03. The monoisotopic (exact) mass is 305 g/mol. The number of nitrogens with one attached hydrogen (secondary N) is 1. The number of aryl methyl sites for hydroxylation is 2. The molecule has 0 spiro atoms. The molecule has 1 aliphatic rings. The van der Waals surface area contributed by atoms with Crippen LogP contribution in [0.25, 0.3) is 0 Å². The number of hydrogen-bond acceptors (Lipinski definition) is 4. The van der Waals surface area contributed by atoms with Crippen LogP contribution in [-0.4, -0.2) is 41.2 Å². The molecule has 6 heteroatoms. The zero-order valence-electron chi connectivity index (χ0n) is 12.6. The molecule has 1 aliphatic heterocycles. The highest BCUT2D eigenvalue weighted by atomic mass is 32.2. The Morgan fingerprint density at radius 1 is 1.38 bits per heavy atom. The fourth-order valence-corrected chi connectivity index (χ4v) is 3.37. The van der Waals surface area contributed by atoms with E-state index in [4.69, 9.17) is 0 Å². The minimum Gasteiger partial charge on any atom is -0.326 e. The van der Waals surface area contributed by atoms with Crippen LogP contribution < -0.4 is 5.32 Å². The van der Waals surface area contributed by atoms with Crippen molar-refractivity contribution in [2.24, 2.45) is 4.99 Å². The maximum atomic E-state index is 12.2. The second kappa shape index (κ2) is 6.30. The zero-order chi connectivity index (χ0) is 15.6. The normalized spacial score (nSPS) is 20.2. The van der Waals surface area contributed by atoms with Crippen molar-refractivity contribution in [2.75, 3.05) is 19.4 Å². The van der Waals surface area contributed by atoms with Crippen LogP contribution in [0.15, 0.2) is 23.2 Å². The molecule has 1 N–H and O–H groups in total. The van der Waals surface area contributed by atoms with Gasteiger partial charge in [0.25, 0.3) is 0 Å². The third kappa shape index (κ3) is 3.26. The van der Waals surface area contributed by atoms with Crippen LogP contribution >= 0.6 is 11.8 Å². The fraction of sp³-hybridized carbons (Fsp3) is 0.400. The quantitative estimate of drug-likeness (QED) is 0.931. The summed E-state index contributed by atoms with van der Waals surface area (Å²) in [4.78, 5) is 29.8. The summed E-state index contributed by atoms with van der Waals surface area (Å²) < 4.78 is 0. The van der Waals surface area contributed by atoms with Crippen molar-refractivity contribution >= 4 is 34.4 Å².